The van der Waals surface area contributed by atoms with Crippen LogP contribution in [0.2, 0.25) is 10.2 Å². The number of anilines is 1. The largest absolute Gasteiger partial charge is 0.369 e. The Morgan fingerprint density at radius 2 is 2.04 bits per heavy atom. The van der Waals surface area contributed by atoms with Crippen LogP contribution in [0.4, 0.5) is 5.69 Å². The van der Waals surface area contributed by atoms with Crippen LogP contribution in [-0.2, 0) is 11.3 Å². The van der Waals surface area contributed by atoms with Crippen LogP contribution < -0.4 is 10.6 Å². The predicted molar refractivity (Wildman–Crippen MR) is 100 cm³/mol. The lowest BCUT2D eigenvalue weighted by Crippen LogP contribution is -2.26. The molecule has 3 rings (SSSR count). The lowest BCUT2D eigenvalue weighted by Gasteiger charge is -2.20. The van der Waals surface area contributed by atoms with Crippen molar-refractivity contribution in [2.75, 3.05) is 18.4 Å². The van der Waals surface area contributed by atoms with E-state index in [0.717, 1.165) is 5.56 Å². The van der Waals surface area contributed by atoms with Crippen molar-refractivity contribution in [3.05, 3.63) is 69.7 Å². The van der Waals surface area contributed by atoms with E-state index in [1.165, 1.54) is 0 Å². The van der Waals surface area contributed by atoms with Crippen LogP contribution in [0.1, 0.15) is 5.56 Å². The quantitative estimate of drug-likeness (QED) is 0.478. The maximum atomic E-state index is 12.5. The lowest BCUT2D eigenvalue weighted by atomic mass is 10.2. The van der Waals surface area contributed by atoms with Gasteiger partial charge in [0.1, 0.15) is 17.0 Å². The molecule has 132 valence electrons. The van der Waals surface area contributed by atoms with Crippen LogP contribution in [0, 0.1) is 11.3 Å². The Kier molecular flexibility index (Phi) is 5.61. The predicted octanol–water partition coefficient (Wildman–Crippen LogP) is 3.17. The molecule has 6 nitrogen and oxygen atoms in total. The molecule has 0 saturated carbocycles. The van der Waals surface area contributed by atoms with Gasteiger partial charge in [0, 0.05) is 36.5 Å². The van der Waals surface area contributed by atoms with E-state index in [0.29, 0.717) is 41.3 Å². The van der Waals surface area contributed by atoms with Gasteiger partial charge in [0.2, 0.25) is 0 Å². The summed E-state index contributed by atoms with van der Waals surface area (Å²) in [6.07, 6.45) is 1.68. The summed E-state index contributed by atoms with van der Waals surface area (Å²) in [7, 11) is 0. The fourth-order valence-corrected chi connectivity index (χ4v) is 2.83. The molecule has 1 aromatic heterocycles. The van der Waals surface area contributed by atoms with Crippen molar-refractivity contribution < 1.29 is 4.79 Å². The fourth-order valence-electron chi connectivity index (χ4n) is 2.60. The molecule has 2 aromatic rings. The molecule has 1 amide bonds. The third-order valence-electron chi connectivity index (χ3n) is 3.83. The summed E-state index contributed by atoms with van der Waals surface area (Å²) in [5.41, 5.74) is 1.53. The minimum absolute atomic E-state index is 0.0272. The highest BCUT2D eigenvalue weighted by atomic mass is 35.5. The number of carbonyl (C=O) groups is 1. The molecule has 0 bridgehead atoms. The summed E-state index contributed by atoms with van der Waals surface area (Å²) >= 11 is 11.7. The number of nitrogens with one attached hydrogen (secondary N) is 2. The van der Waals surface area contributed by atoms with Gasteiger partial charge in [-0.1, -0.05) is 29.3 Å². The minimum Gasteiger partial charge on any atom is -0.369 e. The van der Waals surface area contributed by atoms with Crippen molar-refractivity contribution in [1.29, 1.82) is 5.26 Å². The van der Waals surface area contributed by atoms with Crippen LogP contribution in [0.25, 0.3) is 0 Å². The van der Waals surface area contributed by atoms with E-state index in [-0.39, 0.29) is 5.57 Å². The van der Waals surface area contributed by atoms with Crippen molar-refractivity contribution in [3.8, 4) is 6.07 Å². The Balaban J connectivity index is 1.79. The molecule has 8 heteroatoms. The van der Waals surface area contributed by atoms with Gasteiger partial charge in [0.25, 0.3) is 5.91 Å². The highest BCUT2D eigenvalue weighted by Gasteiger charge is 2.25. The number of benzene rings is 1. The van der Waals surface area contributed by atoms with E-state index < -0.39 is 5.91 Å². The molecule has 0 radical (unpaired) electrons. The molecule has 2 heterocycles. The van der Waals surface area contributed by atoms with Crippen LogP contribution in [0.15, 0.2) is 54.0 Å². The number of aromatic nitrogens is 1. The first-order chi connectivity index (χ1) is 12.6. The topological polar surface area (TPSA) is 81.0 Å². The number of hydrogen-bond donors (Lipinski definition) is 2. The van der Waals surface area contributed by atoms with Crippen LogP contribution in [0.3, 0.4) is 0 Å². The zero-order chi connectivity index (χ0) is 18.5. The smallest absolute Gasteiger partial charge is 0.270 e. The van der Waals surface area contributed by atoms with E-state index in [9.17, 15) is 10.1 Å². The third-order valence-corrected chi connectivity index (χ3v) is 4.31. The second-order valence-electron chi connectivity index (χ2n) is 5.63. The Morgan fingerprint density at radius 1 is 1.27 bits per heavy atom. The summed E-state index contributed by atoms with van der Waals surface area (Å²) in [4.78, 5) is 18.5. The fraction of sp³-hybridized carbons (Fsp3) is 0.167. The molecular weight excluding hydrogens is 373 g/mol. The molecule has 0 atom stereocenters. The monoisotopic (exact) mass is 387 g/mol. The first kappa shape index (κ1) is 18.1. The number of pyridine rings is 1. The highest BCUT2D eigenvalue weighted by molar-refractivity contribution is 6.30. The first-order valence-corrected chi connectivity index (χ1v) is 8.63. The third kappa shape index (κ3) is 4.26. The van der Waals surface area contributed by atoms with Crippen molar-refractivity contribution >= 4 is 34.8 Å². The molecule has 1 aliphatic rings. The minimum atomic E-state index is -0.474. The molecule has 1 saturated heterocycles. The number of halogens is 2. The molecule has 0 aliphatic carbocycles. The summed E-state index contributed by atoms with van der Waals surface area (Å²) in [5.74, 6) is 0.0346. The van der Waals surface area contributed by atoms with E-state index in [1.807, 2.05) is 17.0 Å². The Labute approximate surface area is 161 Å². The number of rotatable bonds is 4. The zero-order valence-electron chi connectivity index (χ0n) is 13.7. The van der Waals surface area contributed by atoms with Crippen molar-refractivity contribution in [3.63, 3.8) is 0 Å². The van der Waals surface area contributed by atoms with E-state index in [2.05, 4.69) is 15.6 Å². The maximum absolute atomic E-state index is 12.5. The van der Waals surface area contributed by atoms with E-state index >= 15 is 0 Å². The number of carbonyl (C=O) groups excluding carboxylic acids is 1. The van der Waals surface area contributed by atoms with Crippen LogP contribution in [-0.4, -0.2) is 28.9 Å². The zero-order valence-corrected chi connectivity index (χ0v) is 15.2. The second kappa shape index (κ2) is 8.09. The summed E-state index contributed by atoms with van der Waals surface area (Å²) in [6.45, 7) is 1.85. The van der Waals surface area contributed by atoms with E-state index in [1.54, 1.807) is 36.5 Å². The summed E-state index contributed by atoms with van der Waals surface area (Å²) in [6, 6.07) is 12.3. The highest BCUT2D eigenvalue weighted by Crippen LogP contribution is 2.19. The Morgan fingerprint density at radius 3 is 2.69 bits per heavy atom. The van der Waals surface area contributed by atoms with Gasteiger partial charge in [0.05, 0.1) is 0 Å². The van der Waals surface area contributed by atoms with Crippen molar-refractivity contribution in [2.45, 2.75) is 6.54 Å². The Bertz CT molecular complexity index is 872. The summed E-state index contributed by atoms with van der Waals surface area (Å²) < 4.78 is 0. The van der Waals surface area contributed by atoms with Gasteiger partial charge >= 0.3 is 0 Å². The molecule has 0 unspecified atom stereocenters. The van der Waals surface area contributed by atoms with Gasteiger partial charge in [-0.25, -0.2) is 4.98 Å². The normalized spacial score (nSPS) is 15.2. The molecule has 1 fully saturated rings. The molecule has 0 spiro atoms. The molecule has 1 aliphatic heterocycles. The second-order valence-corrected chi connectivity index (χ2v) is 6.46. The molecular formula is C18H15Cl2N5O. The SMILES string of the molecule is N#C/C(C(=O)Nc1ccc(Cl)cc1)=C1/NCCN1Cc1ccc(Cl)nc1. The summed E-state index contributed by atoms with van der Waals surface area (Å²) in [5, 5.41) is 16.3. The van der Waals surface area contributed by atoms with Crippen LogP contribution in [0.5, 0.6) is 0 Å². The number of nitrogens with zero attached hydrogens (tertiary/aromatic N) is 3. The van der Waals surface area contributed by atoms with Crippen molar-refractivity contribution in [2.24, 2.45) is 0 Å². The van der Waals surface area contributed by atoms with Crippen LogP contribution >= 0.6 is 23.2 Å². The van der Waals surface area contributed by atoms with Gasteiger partial charge < -0.3 is 15.5 Å². The first-order valence-electron chi connectivity index (χ1n) is 7.87. The van der Waals surface area contributed by atoms with Gasteiger partial charge in [-0.2, -0.15) is 5.26 Å². The average molecular weight is 388 g/mol. The van der Waals surface area contributed by atoms with E-state index in [4.69, 9.17) is 23.2 Å². The van der Waals surface area contributed by atoms with Gasteiger partial charge in [-0.05, 0) is 35.9 Å². The van der Waals surface area contributed by atoms with Gasteiger partial charge in [0.15, 0.2) is 5.57 Å². The molecule has 1 aromatic carbocycles. The van der Waals surface area contributed by atoms with Gasteiger partial charge in [-0.3, -0.25) is 4.79 Å². The molecule has 26 heavy (non-hydrogen) atoms. The number of hydrogen-bond acceptors (Lipinski definition) is 5. The number of nitriles is 1. The number of amides is 1. The molecule has 2 N–H and O–H groups in total. The lowest BCUT2D eigenvalue weighted by molar-refractivity contribution is -0.112. The average Bonchev–Trinajstić information content (AvgIpc) is 3.07. The maximum Gasteiger partial charge on any atom is 0.270 e. The Hall–Kier alpha value is -2.75. The van der Waals surface area contributed by atoms with Gasteiger partial charge in [-0.15, -0.1) is 0 Å². The standard InChI is InChI=1S/C18H15Cl2N5O/c19-13-2-4-14(5-3-13)24-18(26)15(9-21)17-22-7-8-25(17)11-12-1-6-16(20)23-10-12/h1-6,10,22H,7-8,11H2,(H,24,26)/b17-15+. The van der Waals surface area contributed by atoms with Crippen molar-refractivity contribution in [1.82, 2.24) is 15.2 Å².